The van der Waals surface area contributed by atoms with Gasteiger partial charge in [0.2, 0.25) is 0 Å². The first-order valence-corrected chi connectivity index (χ1v) is 12.2. The van der Waals surface area contributed by atoms with E-state index in [1.807, 2.05) is 32.9 Å². The summed E-state index contributed by atoms with van der Waals surface area (Å²) in [6, 6.07) is 12.2. The number of aryl methyl sites for hydroxylation is 3. The van der Waals surface area contributed by atoms with Gasteiger partial charge in [-0.15, -0.1) is 5.10 Å². The van der Waals surface area contributed by atoms with Gasteiger partial charge in [0, 0.05) is 37.9 Å². The molecule has 0 aliphatic carbocycles. The topological polar surface area (TPSA) is 85.6 Å². The van der Waals surface area contributed by atoms with Gasteiger partial charge in [0.15, 0.2) is 10.9 Å². The Morgan fingerprint density at radius 1 is 0.941 bits per heavy atom. The van der Waals surface area contributed by atoms with Gasteiger partial charge in [-0.05, 0) is 62.7 Å². The number of amides is 1. The quantitative estimate of drug-likeness (QED) is 0.225. The lowest BCUT2D eigenvalue weighted by atomic mass is 10.2. The highest BCUT2D eigenvalue weighted by molar-refractivity contribution is 7.98. The minimum atomic E-state index is -0.415. The van der Waals surface area contributed by atoms with Gasteiger partial charge in [-0.1, -0.05) is 57.8 Å². The van der Waals surface area contributed by atoms with Crippen molar-refractivity contribution in [1.29, 1.82) is 0 Å². The minimum absolute atomic E-state index is 0.160. The summed E-state index contributed by atoms with van der Waals surface area (Å²) >= 11 is 19.9. The summed E-state index contributed by atoms with van der Waals surface area (Å²) < 4.78 is 1.55. The Balaban J connectivity index is 1.72. The first-order valence-electron chi connectivity index (χ1n) is 10.1. The number of hydrogen-bond donors (Lipinski definition) is 1. The van der Waals surface area contributed by atoms with Crippen LogP contribution >= 0.6 is 46.6 Å². The summed E-state index contributed by atoms with van der Waals surface area (Å²) in [6.45, 7) is 5.69. The van der Waals surface area contributed by atoms with E-state index in [1.165, 1.54) is 11.8 Å². The number of aromatic nitrogens is 5. The molecule has 0 unspecified atom stereocenters. The molecule has 0 saturated heterocycles. The second-order valence-electron chi connectivity index (χ2n) is 7.56. The number of nitrogens with zero attached hydrogens (tertiary/aromatic N) is 5. The van der Waals surface area contributed by atoms with Gasteiger partial charge in [0.1, 0.15) is 0 Å². The third kappa shape index (κ3) is 5.70. The van der Waals surface area contributed by atoms with Crippen LogP contribution in [0.1, 0.15) is 33.1 Å². The molecule has 2 aromatic carbocycles. The summed E-state index contributed by atoms with van der Waals surface area (Å²) in [7, 11) is 0. The number of hydrogen-bond acceptors (Lipinski definition) is 6. The standard InChI is InChI=1S/C23H19Cl3N6OS/c1-12-4-5-15(24)10-19(12)29-22(33)21-20(11-34-23-27-13(2)6-14(3)28-23)32(31-30-21)18-8-16(25)7-17(26)9-18/h4-10H,11H2,1-3H3,(H,29,33). The number of carbonyl (C=O) groups excluding carboxylic acids is 1. The van der Waals surface area contributed by atoms with Crippen molar-refractivity contribution in [3.8, 4) is 5.69 Å². The van der Waals surface area contributed by atoms with Gasteiger partial charge in [-0.3, -0.25) is 4.79 Å². The molecule has 0 saturated carbocycles. The van der Waals surface area contributed by atoms with E-state index in [-0.39, 0.29) is 5.69 Å². The second kappa shape index (κ2) is 10.3. The van der Waals surface area contributed by atoms with Crippen LogP contribution in [0, 0.1) is 20.8 Å². The maximum Gasteiger partial charge on any atom is 0.278 e. The molecular weight excluding hydrogens is 515 g/mol. The molecule has 7 nitrogen and oxygen atoms in total. The predicted octanol–water partition coefficient (Wildman–Crippen LogP) is 6.49. The Morgan fingerprint density at radius 3 is 2.29 bits per heavy atom. The summed E-state index contributed by atoms with van der Waals surface area (Å²) in [4.78, 5) is 22.2. The lowest BCUT2D eigenvalue weighted by molar-refractivity contribution is 0.102. The van der Waals surface area contributed by atoms with E-state index < -0.39 is 5.91 Å². The molecule has 2 heterocycles. The molecule has 0 aliphatic rings. The molecule has 4 rings (SSSR count). The van der Waals surface area contributed by atoms with Crippen molar-refractivity contribution in [3.05, 3.63) is 85.9 Å². The molecule has 1 N–H and O–H groups in total. The second-order valence-corrected chi connectivity index (χ2v) is 9.81. The largest absolute Gasteiger partial charge is 0.320 e. The molecule has 11 heteroatoms. The van der Waals surface area contributed by atoms with Crippen LogP contribution in [0.25, 0.3) is 5.69 Å². The van der Waals surface area contributed by atoms with Gasteiger partial charge in [-0.25, -0.2) is 14.6 Å². The van der Waals surface area contributed by atoms with E-state index in [1.54, 1.807) is 35.0 Å². The zero-order chi connectivity index (χ0) is 24.4. The van der Waals surface area contributed by atoms with Crippen molar-refractivity contribution in [2.24, 2.45) is 0 Å². The van der Waals surface area contributed by atoms with Crippen LogP contribution in [-0.2, 0) is 5.75 Å². The monoisotopic (exact) mass is 532 g/mol. The van der Waals surface area contributed by atoms with Crippen molar-refractivity contribution in [2.45, 2.75) is 31.7 Å². The van der Waals surface area contributed by atoms with Crippen molar-refractivity contribution in [1.82, 2.24) is 25.0 Å². The highest BCUT2D eigenvalue weighted by Crippen LogP contribution is 2.28. The van der Waals surface area contributed by atoms with E-state index >= 15 is 0 Å². The molecule has 0 aliphatic heterocycles. The predicted molar refractivity (Wildman–Crippen MR) is 137 cm³/mol. The van der Waals surface area contributed by atoms with Crippen LogP contribution in [-0.4, -0.2) is 30.9 Å². The molecule has 2 aromatic heterocycles. The average molecular weight is 534 g/mol. The maximum atomic E-state index is 13.2. The van der Waals surface area contributed by atoms with E-state index in [9.17, 15) is 4.79 Å². The van der Waals surface area contributed by atoms with Crippen LogP contribution in [0.4, 0.5) is 5.69 Å². The van der Waals surface area contributed by atoms with E-state index in [0.29, 0.717) is 43.0 Å². The molecule has 174 valence electrons. The van der Waals surface area contributed by atoms with Gasteiger partial charge in [-0.2, -0.15) is 0 Å². The minimum Gasteiger partial charge on any atom is -0.320 e. The average Bonchev–Trinajstić information content (AvgIpc) is 3.17. The Labute approximate surface area is 215 Å². The van der Waals surface area contributed by atoms with E-state index in [0.717, 1.165) is 17.0 Å². The summed E-state index contributed by atoms with van der Waals surface area (Å²) in [5.41, 5.74) is 4.46. The van der Waals surface area contributed by atoms with Crippen molar-refractivity contribution in [2.75, 3.05) is 5.32 Å². The van der Waals surface area contributed by atoms with Gasteiger partial charge in [0.25, 0.3) is 5.91 Å². The van der Waals surface area contributed by atoms with Crippen molar-refractivity contribution < 1.29 is 4.79 Å². The van der Waals surface area contributed by atoms with Crippen LogP contribution < -0.4 is 5.32 Å². The lowest BCUT2D eigenvalue weighted by Gasteiger charge is -2.11. The Hall–Kier alpha value is -2.65. The number of halogens is 3. The number of anilines is 1. The van der Waals surface area contributed by atoms with Gasteiger partial charge < -0.3 is 5.32 Å². The molecule has 34 heavy (non-hydrogen) atoms. The first kappa shape index (κ1) is 24.5. The number of nitrogens with one attached hydrogen (secondary N) is 1. The fourth-order valence-electron chi connectivity index (χ4n) is 3.28. The number of carbonyl (C=O) groups is 1. The zero-order valence-corrected chi connectivity index (χ0v) is 21.5. The highest BCUT2D eigenvalue weighted by Gasteiger charge is 2.22. The number of thioether (sulfide) groups is 1. The third-order valence-corrected chi connectivity index (χ3v) is 6.35. The van der Waals surface area contributed by atoms with E-state index in [4.69, 9.17) is 34.8 Å². The highest BCUT2D eigenvalue weighted by atomic mass is 35.5. The van der Waals surface area contributed by atoms with Crippen LogP contribution in [0.15, 0.2) is 47.6 Å². The first-order chi connectivity index (χ1) is 16.2. The van der Waals surface area contributed by atoms with Crippen molar-refractivity contribution in [3.63, 3.8) is 0 Å². The molecule has 1 amide bonds. The van der Waals surface area contributed by atoms with Gasteiger partial charge in [0.05, 0.1) is 11.4 Å². The molecule has 0 spiro atoms. The molecule has 0 radical (unpaired) electrons. The molecular formula is C23H19Cl3N6OS. The fraction of sp³-hybridized carbons (Fsp3) is 0.174. The maximum absolute atomic E-state index is 13.2. The molecule has 0 atom stereocenters. The Kier molecular flexibility index (Phi) is 7.42. The fourth-order valence-corrected chi connectivity index (χ4v) is 4.91. The van der Waals surface area contributed by atoms with E-state index in [2.05, 4.69) is 25.6 Å². The number of rotatable bonds is 6. The van der Waals surface area contributed by atoms with Crippen LogP contribution in [0.2, 0.25) is 15.1 Å². The SMILES string of the molecule is Cc1cc(C)nc(SCc2c(C(=O)Nc3cc(Cl)ccc3C)nnn2-c2cc(Cl)cc(Cl)c2)n1. The van der Waals surface area contributed by atoms with Crippen molar-refractivity contribution >= 4 is 58.2 Å². The smallest absolute Gasteiger partial charge is 0.278 e. The van der Waals surface area contributed by atoms with Crippen LogP contribution in [0.5, 0.6) is 0 Å². The Bertz CT molecular complexity index is 1350. The summed E-state index contributed by atoms with van der Waals surface area (Å²) in [6.07, 6.45) is 0. The summed E-state index contributed by atoms with van der Waals surface area (Å²) in [5, 5.41) is 13.3. The normalized spacial score (nSPS) is 11.0. The van der Waals surface area contributed by atoms with Gasteiger partial charge >= 0.3 is 0 Å². The number of benzene rings is 2. The zero-order valence-electron chi connectivity index (χ0n) is 18.4. The molecule has 4 aromatic rings. The Morgan fingerprint density at radius 2 is 1.62 bits per heavy atom. The lowest BCUT2D eigenvalue weighted by Crippen LogP contribution is -2.16. The van der Waals surface area contributed by atoms with Crippen LogP contribution in [0.3, 0.4) is 0 Å². The third-order valence-electron chi connectivity index (χ3n) is 4.82. The molecule has 0 bridgehead atoms. The molecule has 0 fully saturated rings. The summed E-state index contributed by atoms with van der Waals surface area (Å²) in [5.74, 6) is -0.0844.